The second kappa shape index (κ2) is 5.65. The molecule has 0 fully saturated rings. The lowest BCUT2D eigenvalue weighted by Gasteiger charge is -1.98. The molecular weight excluding hydrogens is 308 g/mol. The molecule has 2 nitrogen and oxygen atoms in total. The SMILES string of the molecule is Fc1cc(Br)cc(-c2cnc(CCCCl)o2)c1. The Morgan fingerprint density at radius 3 is 2.88 bits per heavy atom. The van der Waals surface area contributed by atoms with Crippen molar-refractivity contribution in [3.63, 3.8) is 0 Å². The molecule has 0 N–H and O–H groups in total. The van der Waals surface area contributed by atoms with Crippen LogP contribution in [0.25, 0.3) is 11.3 Å². The van der Waals surface area contributed by atoms with Crippen LogP contribution < -0.4 is 0 Å². The third-order valence-electron chi connectivity index (χ3n) is 2.22. The molecule has 0 aliphatic heterocycles. The number of halogens is 3. The fourth-order valence-electron chi connectivity index (χ4n) is 1.47. The van der Waals surface area contributed by atoms with Crippen LogP contribution in [0.4, 0.5) is 4.39 Å². The Morgan fingerprint density at radius 2 is 2.18 bits per heavy atom. The number of benzene rings is 1. The van der Waals surface area contributed by atoms with Gasteiger partial charge in [0.05, 0.1) is 6.20 Å². The van der Waals surface area contributed by atoms with E-state index in [0.717, 1.165) is 6.42 Å². The van der Waals surface area contributed by atoms with E-state index in [-0.39, 0.29) is 5.82 Å². The summed E-state index contributed by atoms with van der Waals surface area (Å²) in [5.74, 6) is 1.45. The van der Waals surface area contributed by atoms with Crippen molar-refractivity contribution in [2.75, 3.05) is 5.88 Å². The van der Waals surface area contributed by atoms with Crippen LogP contribution in [-0.4, -0.2) is 10.9 Å². The fourth-order valence-corrected chi connectivity index (χ4v) is 2.07. The molecule has 1 aromatic heterocycles. The van der Waals surface area contributed by atoms with Crippen LogP contribution in [0.1, 0.15) is 12.3 Å². The molecule has 0 saturated carbocycles. The average molecular weight is 319 g/mol. The van der Waals surface area contributed by atoms with E-state index >= 15 is 0 Å². The standard InChI is InChI=1S/C12H10BrClFNO/c13-9-4-8(5-10(15)6-9)11-7-16-12(17-11)2-1-3-14/h4-7H,1-3H2. The van der Waals surface area contributed by atoms with Crippen molar-refractivity contribution in [1.82, 2.24) is 4.98 Å². The molecule has 0 spiro atoms. The van der Waals surface area contributed by atoms with Gasteiger partial charge >= 0.3 is 0 Å². The first kappa shape index (κ1) is 12.6. The smallest absolute Gasteiger partial charge is 0.194 e. The first-order chi connectivity index (χ1) is 8.19. The molecule has 0 saturated heterocycles. The molecular formula is C12H10BrClFNO. The minimum Gasteiger partial charge on any atom is -0.441 e. The van der Waals surface area contributed by atoms with Crippen LogP contribution in [0.15, 0.2) is 33.3 Å². The van der Waals surface area contributed by atoms with Gasteiger partial charge in [0, 0.05) is 22.3 Å². The van der Waals surface area contributed by atoms with Gasteiger partial charge in [-0.25, -0.2) is 9.37 Å². The maximum Gasteiger partial charge on any atom is 0.194 e. The zero-order valence-corrected chi connectivity index (χ0v) is 11.3. The van der Waals surface area contributed by atoms with E-state index in [1.807, 2.05) is 0 Å². The van der Waals surface area contributed by atoms with Gasteiger partial charge in [-0.15, -0.1) is 11.6 Å². The van der Waals surface area contributed by atoms with E-state index in [0.29, 0.717) is 34.0 Å². The normalized spacial score (nSPS) is 10.8. The quantitative estimate of drug-likeness (QED) is 0.780. The predicted molar refractivity (Wildman–Crippen MR) is 68.6 cm³/mol. The van der Waals surface area contributed by atoms with Crippen LogP contribution in [0.3, 0.4) is 0 Å². The number of rotatable bonds is 4. The Bertz CT molecular complexity index is 495. The maximum atomic E-state index is 13.2. The topological polar surface area (TPSA) is 26.0 Å². The molecule has 0 bridgehead atoms. The van der Waals surface area contributed by atoms with Gasteiger partial charge in [0.2, 0.25) is 0 Å². The lowest BCUT2D eigenvalue weighted by atomic mass is 10.2. The lowest BCUT2D eigenvalue weighted by Crippen LogP contribution is -1.84. The number of hydrogen-bond donors (Lipinski definition) is 0. The number of hydrogen-bond acceptors (Lipinski definition) is 2. The van der Waals surface area contributed by atoms with Gasteiger partial charge in [-0.2, -0.15) is 0 Å². The van der Waals surface area contributed by atoms with Gasteiger partial charge in [-0.05, 0) is 24.6 Å². The Morgan fingerprint density at radius 1 is 1.35 bits per heavy atom. The summed E-state index contributed by atoms with van der Waals surface area (Å²) in [7, 11) is 0. The molecule has 0 aliphatic rings. The Balaban J connectivity index is 2.24. The van der Waals surface area contributed by atoms with Gasteiger partial charge in [0.15, 0.2) is 11.7 Å². The molecule has 1 heterocycles. The highest BCUT2D eigenvalue weighted by molar-refractivity contribution is 9.10. The predicted octanol–water partition coefficient (Wildman–Crippen LogP) is 4.41. The van der Waals surface area contributed by atoms with Gasteiger partial charge < -0.3 is 4.42 Å². The Hall–Kier alpha value is -0.870. The summed E-state index contributed by atoms with van der Waals surface area (Å²) in [5.41, 5.74) is 0.668. The molecule has 5 heteroatoms. The molecule has 0 radical (unpaired) electrons. The highest BCUT2D eigenvalue weighted by atomic mass is 79.9. The molecule has 0 amide bonds. The molecule has 17 heavy (non-hydrogen) atoms. The Kier molecular flexibility index (Phi) is 4.18. The molecule has 0 unspecified atom stereocenters. The van der Waals surface area contributed by atoms with Crippen LogP contribution in [0, 0.1) is 5.82 Å². The lowest BCUT2D eigenvalue weighted by molar-refractivity contribution is 0.503. The number of nitrogens with zero attached hydrogens (tertiary/aromatic N) is 1. The summed E-state index contributed by atoms with van der Waals surface area (Å²) >= 11 is 8.83. The first-order valence-corrected chi connectivity index (χ1v) is 6.49. The van der Waals surface area contributed by atoms with Crippen molar-refractivity contribution in [2.45, 2.75) is 12.8 Å². The summed E-state index contributed by atoms with van der Waals surface area (Å²) in [6.45, 7) is 0. The molecule has 2 aromatic rings. The van der Waals surface area contributed by atoms with Gasteiger partial charge in [0.1, 0.15) is 5.82 Å². The third kappa shape index (κ3) is 3.30. The maximum absolute atomic E-state index is 13.2. The minimum atomic E-state index is -0.312. The zero-order valence-electron chi connectivity index (χ0n) is 8.92. The van der Waals surface area contributed by atoms with Crippen LogP contribution in [-0.2, 0) is 6.42 Å². The number of aryl methyl sites for hydroxylation is 1. The van der Waals surface area contributed by atoms with Gasteiger partial charge in [-0.1, -0.05) is 15.9 Å². The van der Waals surface area contributed by atoms with Gasteiger partial charge in [-0.3, -0.25) is 0 Å². The van der Waals surface area contributed by atoms with Crippen LogP contribution >= 0.6 is 27.5 Å². The largest absolute Gasteiger partial charge is 0.441 e. The van der Waals surface area contributed by atoms with Crippen molar-refractivity contribution in [3.05, 3.63) is 40.6 Å². The van der Waals surface area contributed by atoms with E-state index in [1.165, 1.54) is 12.1 Å². The average Bonchev–Trinajstić information content (AvgIpc) is 2.73. The molecule has 0 aliphatic carbocycles. The Labute approximate surface area is 112 Å². The highest BCUT2D eigenvalue weighted by Gasteiger charge is 2.08. The van der Waals surface area contributed by atoms with E-state index in [9.17, 15) is 4.39 Å². The summed E-state index contributed by atoms with van der Waals surface area (Å²) in [4.78, 5) is 4.13. The van der Waals surface area contributed by atoms with Crippen molar-refractivity contribution in [1.29, 1.82) is 0 Å². The zero-order chi connectivity index (χ0) is 12.3. The minimum absolute atomic E-state index is 0.312. The van der Waals surface area contributed by atoms with Crippen molar-refractivity contribution in [3.8, 4) is 11.3 Å². The monoisotopic (exact) mass is 317 g/mol. The third-order valence-corrected chi connectivity index (χ3v) is 2.95. The van der Waals surface area contributed by atoms with Gasteiger partial charge in [0.25, 0.3) is 0 Å². The second-order valence-electron chi connectivity index (χ2n) is 3.57. The second-order valence-corrected chi connectivity index (χ2v) is 4.86. The molecule has 2 rings (SSSR count). The number of oxazole rings is 1. The first-order valence-electron chi connectivity index (χ1n) is 5.16. The van der Waals surface area contributed by atoms with Crippen LogP contribution in [0.2, 0.25) is 0 Å². The number of aromatic nitrogens is 1. The summed E-state index contributed by atoms with van der Waals surface area (Å²) in [6.07, 6.45) is 3.11. The molecule has 90 valence electrons. The summed E-state index contributed by atoms with van der Waals surface area (Å²) in [6, 6.07) is 4.60. The van der Waals surface area contributed by atoms with Crippen LogP contribution in [0.5, 0.6) is 0 Å². The fraction of sp³-hybridized carbons (Fsp3) is 0.250. The van der Waals surface area contributed by atoms with E-state index in [1.54, 1.807) is 12.3 Å². The van der Waals surface area contributed by atoms with Crippen molar-refractivity contribution >= 4 is 27.5 Å². The van der Waals surface area contributed by atoms with E-state index in [2.05, 4.69) is 20.9 Å². The molecule has 0 atom stereocenters. The van der Waals surface area contributed by atoms with Crippen molar-refractivity contribution < 1.29 is 8.81 Å². The highest BCUT2D eigenvalue weighted by Crippen LogP contribution is 2.25. The summed E-state index contributed by atoms with van der Waals surface area (Å²) in [5, 5.41) is 0. The number of alkyl halides is 1. The van der Waals surface area contributed by atoms with Crippen molar-refractivity contribution in [2.24, 2.45) is 0 Å². The van der Waals surface area contributed by atoms with E-state index in [4.69, 9.17) is 16.0 Å². The van der Waals surface area contributed by atoms with E-state index < -0.39 is 0 Å². The molecule has 1 aromatic carbocycles. The summed E-state index contributed by atoms with van der Waals surface area (Å²) < 4.78 is 19.4.